The summed E-state index contributed by atoms with van der Waals surface area (Å²) in [5.74, 6) is 0.368. The molecule has 0 spiro atoms. The van der Waals surface area contributed by atoms with Crippen molar-refractivity contribution in [1.29, 1.82) is 0 Å². The first kappa shape index (κ1) is 16.5. The number of benzene rings is 2. The molecule has 1 N–H and O–H groups in total. The molecule has 0 aliphatic heterocycles. The van der Waals surface area contributed by atoms with Crippen LogP contribution in [0.25, 0.3) is 16.8 Å². The van der Waals surface area contributed by atoms with E-state index in [0.29, 0.717) is 0 Å². The molecule has 0 aromatic heterocycles. The maximum absolute atomic E-state index is 11.7. The van der Waals surface area contributed by atoms with Gasteiger partial charge in [-0.05, 0) is 40.6 Å². The molecule has 2 aromatic carbocycles. The van der Waals surface area contributed by atoms with Gasteiger partial charge in [-0.1, -0.05) is 18.2 Å². The molecular formula is C18H20N2O3. The summed E-state index contributed by atoms with van der Waals surface area (Å²) in [5, 5.41) is 4.69. The monoisotopic (exact) mass is 312 g/mol. The van der Waals surface area contributed by atoms with E-state index in [0.717, 1.165) is 22.1 Å². The average molecular weight is 312 g/mol. The van der Waals surface area contributed by atoms with Crippen LogP contribution in [-0.4, -0.2) is 44.5 Å². The van der Waals surface area contributed by atoms with Gasteiger partial charge in [0.25, 0.3) is 0 Å². The highest BCUT2D eigenvalue weighted by atomic mass is 16.5. The number of ether oxygens (including phenoxy) is 1. The number of amides is 2. The Balaban J connectivity index is 2.03. The van der Waals surface area contributed by atoms with Gasteiger partial charge < -0.3 is 15.0 Å². The van der Waals surface area contributed by atoms with Crippen molar-refractivity contribution in [2.45, 2.75) is 0 Å². The van der Waals surface area contributed by atoms with Crippen molar-refractivity contribution in [2.75, 3.05) is 27.7 Å². The Morgan fingerprint density at radius 1 is 1.13 bits per heavy atom. The van der Waals surface area contributed by atoms with E-state index >= 15 is 0 Å². The summed E-state index contributed by atoms with van der Waals surface area (Å²) in [6.45, 7) is -0.00626. The van der Waals surface area contributed by atoms with E-state index in [1.54, 1.807) is 27.3 Å². The van der Waals surface area contributed by atoms with Gasteiger partial charge in [-0.2, -0.15) is 0 Å². The second-order valence-electron chi connectivity index (χ2n) is 5.31. The van der Waals surface area contributed by atoms with Crippen LogP contribution in [0.3, 0.4) is 0 Å². The zero-order valence-electron chi connectivity index (χ0n) is 13.5. The minimum atomic E-state index is -0.296. The van der Waals surface area contributed by atoms with E-state index < -0.39 is 0 Å². The lowest BCUT2D eigenvalue weighted by Gasteiger charge is -2.09. The van der Waals surface area contributed by atoms with Crippen molar-refractivity contribution in [1.82, 2.24) is 10.2 Å². The van der Waals surface area contributed by atoms with Gasteiger partial charge in [0.05, 0.1) is 13.7 Å². The maximum atomic E-state index is 11.7. The largest absolute Gasteiger partial charge is 0.497 e. The van der Waals surface area contributed by atoms with Crippen molar-refractivity contribution in [3.8, 4) is 5.75 Å². The topological polar surface area (TPSA) is 58.6 Å². The summed E-state index contributed by atoms with van der Waals surface area (Å²) in [6.07, 6.45) is 3.15. The highest BCUT2D eigenvalue weighted by Crippen LogP contribution is 2.22. The van der Waals surface area contributed by atoms with Gasteiger partial charge in [0, 0.05) is 20.2 Å². The molecule has 0 fully saturated rings. The van der Waals surface area contributed by atoms with Crippen molar-refractivity contribution >= 4 is 28.7 Å². The van der Waals surface area contributed by atoms with Crippen LogP contribution in [0, 0.1) is 0 Å². The molecule has 0 radical (unpaired) electrons. The molecule has 5 nitrogen and oxygen atoms in total. The molecule has 0 heterocycles. The van der Waals surface area contributed by atoms with E-state index in [4.69, 9.17) is 4.74 Å². The minimum absolute atomic E-state index is 0.00626. The SMILES string of the molecule is COc1ccc2cc(/C=C/C(=O)NCC(=O)N(C)C)ccc2c1. The van der Waals surface area contributed by atoms with Crippen LogP contribution in [0.5, 0.6) is 5.75 Å². The van der Waals surface area contributed by atoms with E-state index in [1.807, 2.05) is 36.4 Å². The number of rotatable bonds is 5. The van der Waals surface area contributed by atoms with Crippen molar-refractivity contribution < 1.29 is 14.3 Å². The Hall–Kier alpha value is -2.82. The number of carbonyl (C=O) groups excluding carboxylic acids is 2. The Labute approximate surface area is 135 Å². The Morgan fingerprint density at radius 3 is 2.52 bits per heavy atom. The predicted molar refractivity (Wildman–Crippen MR) is 91.2 cm³/mol. The second kappa shape index (κ2) is 7.45. The van der Waals surface area contributed by atoms with E-state index in [-0.39, 0.29) is 18.4 Å². The fourth-order valence-electron chi connectivity index (χ4n) is 2.02. The molecule has 0 aliphatic rings. The molecule has 2 rings (SSSR count). The third-order valence-corrected chi connectivity index (χ3v) is 3.41. The predicted octanol–water partition coefficient (Wildman–Crippen LogP) is 2.07. The zero-order valence-corrected chi connectivity index (χ0v) is 13.5. The number of fused-ring (bicyclic) bond motifs is 1. The first-order valence-corrected chi connectivity index (χ1v) is 7.23. The third kappa shape index (κ3) is 4.57. The van der Waals surface area contributed by atoms with Crippen LogP contribution in [0.15, 0.2) is 42.5 Å². The van der Waals surface area contributed by atoms with Gasteiger partial charge in [0.15, 0.2) is 0 Å². The first-order chi connectivity index (χ1) is 11.0. The first-order valence-electron chi connectivity index (χ1n) is 7.23. The number of nitrogens with one attached hydrogen (secondary N) is 1. The molecule has 5 heteroatoms. The standard InChI is InChI=1S/C18H20N2O3/c1-20(2)18(22)12-19-17(21)9-5-13-4-6-15-11-16(23-3)8-7-14(15)10-13/h4-11H,12H2,1-3H3,(H,19,21)/b9-5+. The van der Waals surface area contributed by atoms with Gasteiger partial charge in [-0.25, -0.2) is 0 Å². The van der Waals surface area contributed by atoms with Crippen LogP contribution in [0.4, 0.5) is 0 Å². The van der Waals surface area contributed by atoms with Crippen LogP contribution >= 0.6 is 0 Å². The Morgan fingerprint density at radius 2 is 1.83 bits per heavy atom. The van der Waals surface area contributed by atoms with Crippen LogP contribution in [-0.2, 0) is 9.59 Å². The molecule has 120 valence electrons. The van der Waals surface area contributed by atoms with Crippen molar-refractivity contribution in [2.24, 2.45) is 0 Å². The third-order valence-electron chi connectivity index (χ3n) is 3.41. The number of carbonyl (C=O) groups is 2. The van der Waals surface area contributed by atoms with Crippen molar-refractivity contribution in [3.05, 3.63) is 48.0 Å². The van der Waals surface area contributed by atoms with Crippen LogP contribution < -0.4 is 10.1 Å². The van der Waals surface area contributed by atoms with Gasteiger partial charge in [-0.15, -0.1) is 0 Å². The van der Waals surface area contributed by atoms with Gasteiger partial charge >= 0.3 is 0 Å². The smallest absolute Gasteiger partial charge is 0.244 e. The van der Waals surface area contributed by atoms with E-state index in [1.165, 1.54) is 11.0 Å². The normalized spacial score (nSPS) is 10.7. The molecule has 0 atom stereocenters. The van der Waals surface area contributed by atoms with Crippen LogP contribution in [0.1, 0.15) is 5.56 Å². The number of likely N-dealkylation sites (N-methyl/N-ethyl adjacent to an activating group) is 1. The quantitative estimate of drug-likeness (QED) is 0.860. The number of hydrogen-bond acceptors (Lipinski definition) is 3. The molecule has 0 bridgehead atoms. The lowest BCUT2D eigenvalue weighted by molar-refractivity contribution is -0.129. The van der Waals surface area contributed by atoms with Crippen molar-refractivity contribution in [3.63, 3.8) is 0 Å². The molecule has 23 heavy (non-hydrogen) atoms. The van der Waals surface area contributed by atoms with Gasteiger partial charge in [0.1, 0.15) is 5.75 Å². The average Bonchev–Trinajstić information content (AvgIpc) is 2.56. The molecule has 0 unspecified atom stereocenters. The summed E-state index contributed by atoms with van der Waals surface area (Å²) >= 11 is 0. The summed E-state index contributed by atoms with van der Waals surface area (Å²) in [5.41, 5.74) is 0.914. The molecule has 2 amide bonds. The highest BCUT2D eigenvalue weighted by molar-refractivity contribution is 5.95. The Bertz CT molecular complexity index is 751. The lowest BCUT2D eigenvalue weighted by atomic mass is 10.1. The fraction of sp³-hybridized carbons (Fsp3) is 0.222. The summed E-state index contributed by atoms with van der Waals surface area (Å²) in [4.78, 5) is 24.5. The molecular weight excluding hydrogens is 292 g/mol. The molecule has 0 aliphatic carbocycles. The van der Waals surface area contributed by atoms with E-state index in [2.05, 4.69) is 5.32 Å². The highest BCUT2D eigenvalue weighted by Gasteiger charge is 2.04. The number of methoxy groups -OCH3 is 1. The van der Waals surface area contributed by atoms with Gasteiger partial charge in [0.2, 0.25) is 11.8 Å². The number of hydrogen-bond donors (Lipinski definition) is 1. The molecule has 0 saturated heterocycles. The number of nitrogens with zero attached hydrogens (tertiary/aromatic N) is 1. The fourth-order valence-corrected chi connectivity index (χ4v) is 2.02. The van der Waals surface area contributed by atoms with Gasteiger partial charge in [-0.3, -0.25) is 9.59 Å². The summed E-state index contributed by atoms with van der Waals surface area (Å²) in [6, 6.07) is 11.7. The zero-order chi connectivity index (χ0) is 16.8. The summed E-state index contributed by atoms with van der Waals surface area (Å²) < 4.78 is 5.20. The second-order valence-corrected chi connectivity index (χ2v) is 5.31. The maximum Gasteiger partial charge on any atom is 0.244 e. The van der Waals surface area contributed by atoms with E-state index in [9.17, 15) is 9.59 Å². The summed E-state index contributed by atoms with van der Waals surface area (Å²) in [7, 11) is 4.93. The van der Waals surface area contributed by atoms with Crippen LogP contribution in [0.2, 0.25) is 0 Å². The Kier molecular flexibility index (Phi) is 5.36. The molecule has 0 saturated carbocycles. The minimum Gasteiger partial charge on any atom is -0.497 e. The molecule has 2 aromatic rings. The lowest BCUT2D eigenvalue weighted by Crippen LogP contribution is -2.35.